The number of nitrogens with two attached hydrogens (primary N) is 1. The number of hydrogen-bond donors (Lipinski definition) is 1. The fourth-order valence-corrected chi connectivity index (χ4v) is 3.77. The van der Waals surface area contributed by atoms with E-state index in [9.17, 15) is 4.79 Å². The molecule has 0 atom stereocenters. The predicted molar refractivity (Wildman–Crippen MR) is 112 cm³/mol. The molecule has 2 N–H and O–H groups in total. The molecule has 0 amide bonds. The topological polar surface area (TPSA) is 55.6 Å². The zero-order valence-corrected chi connectivity index (χ0v) is 16.7. The minimum absolute atomic E-state index is 0. The van der Waals surface area contributed by atoms with Gasteiger partial charge in [0.15, 0.2) is 0 Å². The van der Waals surface area contributed by atoms with Crippen molar-refractivity contribution < 1.29 is 9.53 Å². The summed E-state index contributed by atoms with van der Waals surface area (Å²) in [7, 11) is 0. The van der Waals surface area contributed by atoms with E-state index < -0.39 is 5.41 Å². The van der Waals surface area contributed by atoms with Gasteiger partial charge in [0, 0.05) is 12.2 Å². The summed E-state index contributed by atoms with van der Waals surface area (Å²) in [6.45, 7) is 5.11. The third-order valence-corrected chi connectivity index (χ3v) is 5.40. The number of carbonyl (C=O) groups is 1. The van der Waals surface area contributed by atoms with Gasteiger partial charge in [-0.05, 0) is 62.5 Å². The van der Waals surface area contributed by atoms with Gasteiger partial charge in [0.1, 0.15) is 0 Å². The monoisotopic (exact) mass is 388 g/mol. The number of esters is 1. The molecule has 2 aromatic rings. The highest BCUT2D eigenvalue weighted by molar-refractivity contribution is 5.85. The number of rotatable bonds is 6. The molecule has 5 heteroatoms. The van der Waals surface area contributed by atoms with Crippen molar-refractivity contribution in [3.8, 4) is 0 Å². The lowest BCUT2D eigenvalue weighted by Crippen LogP contribution is -2.48. The standard InChI is InChI=1S/C22H28N2O2.ClH/c1-2-26-21(25)22(19-6-4-3-5-7-19)13-16-24(17-14-22)15-12-18-8-10-20(23)11-9-18;/h3-11H,2,12-17,23H2,1H3;1H. The summed E-state index contributed by atoms with van der Waals surface area (Å²) in [4.78, 5) is 15.2. The van der Waals surface area contributed by atoms with Gasteiger partial charge < -0.3 is 15.4 Å². The second-order valence-corrected chi connectivity index (χ2v) is 7.00. The Kier molecular flexibility index (Phi) is 7.69. The van der Waals surface area contributed by atoms with Crippen LogP contribution in [0.1, 0.15) is 30.9 Å². The van der Waals surface area contributed by atoms with E-state index in [2.05, 4.69) is 29.2 Å². The first-order valence-corrected chi connectivity index (χ1v) is 9.43. The minimum Gasteiger partial charge on any atom is -0.465 e. The summed E-state index contributed by atoms with van der Waals surface area (Å²) in [5, 5.41) is 0. The van der Waals surface area contributed by atoms with E-state index in [0.29, 0.717) is 6.61 Å². The molecule has 146 valence electrons. The quantitative estimate of drug-likeness (QED) is 0.603. The van der Waals surface area contributed by atoms with Crippen molar-refractivity contribution in [2.45, 2.75) is 31.6 Å². The molecule has 1 aliphatic heterocycles. The number of hydrogen-bond acceptors (Lipinski definition) is 4. The predicted octanol–water partition coefficient (Wildman–Crippen LogP) is 3.83. The molecule has 1 heterocycles. The second-order valence-electron chi connectivity index (χ2n) is 7.00. The highest BCUT2D eigenvalue weighted by atomic mass is 35.5. The molecular weight excluding hydrogens is 360 g/mol. The van der Waals surface area contributed by atoms with Crippen LogP contribution in [0.2, 0.25) is 0 Å². The average Bonchev–Trinajstić information content (AvgIpc) is 2.69. The van der Waals surface area contributed by atoms with Gasteiger partial charge in [0.2, 0.25) is 0 Å². The van der Waals surface area contributed by atoms with E-state index >= 15 is 0 Å². The molecule has 1 aliphatic rings. The molecule has 4 nitrogen and oxygen atoms in total. The SMILES string of the molecule is CCOC(=O)C1(c2ccccc2)CCN(CCc2ccc(N)cc2)CC1.Cl. The third kappa shape index (κ3) is 5.02. The number of carbonyl (C=O) groups excluding carboxylic acids is 1. The molecule has 27 heavy (non-hydrogen) atoms. The summed E-state index contributed by atoms with van der Waals surface area (Å²) in [5.41, 5.74) is 8.42. The number of ether oxygens (including phenoxy) is 1. The highest BCUT2D eigenvalue weighted by Gasteiger charge is 2.43. The van der Waals surface area contributed by atoms with Crippen LogP contribution in [0.5, 0.6) is 0 Å². The summed E-state index contributed by atoms with van der Waals surface area (Å²) >= 11 is 0. The van der Waals surface area contributed by atoms with Crippen molar-refractivity contribution >= 4 is 24.1 Å². The smallest absolute Gasteiger partial charge is 0.316 e. The van der Waals surface area contributed by atoms with E-state index in [-0.39, 0.29) is 18.4 Å². The van der Waals surface area contributed by atoms with Crippen LogP contribution in [-0.2, 0) is 21.4 Å². The van der Waals surface area contributed by atoms with Crippen LogP contribution in [-0.4, -0.2) is 37.1 Å². The normalized spacial score (nSPS) is 16.3. The molecule has 0 radical (unpaired) electrons. The van der Waals surface area contributed by atoms with Gasteiger partial charge in [-0.3, -0.25) is 4.79 Å². The van der Waals surface area contributed by atoms with Crippen LogP contribution < -0.4 is 5.73 Å². The molecule has 3 rings (SSSR count). The van der Waals surface area contributed by atoms with Gasteiger partial charge in [-0.1, -0.05) is 42.5 Å². The maximum Gasteiger partial charge on any atom is 0.316 e. The lowest BCUT2D eigenvalue weighted by molar-refractivity contribution is -0.152. The zero-order chi connectivity index (χ0) is 18.4. The van der Waals surface area contributed by atoms with Gasteiger partial charge >= 0.3 is 5.97 Å². The summed E-state index contributed by atoms with van der Waals surface area (Å²) in [6.07, 6.45) is 2.60. The Morgan fingerprint density at radius 3 is 2.30 bits per heavy atom. The first-order chi connectivity index (χ1) is 12.6. The van der Waals surface area contributed by atoms with Gasteiger partial charge in [-0.25, -0.2) is 0 Å². The Hall–Kier alpha value is -2.04. The van der Waals surface area contributed by atoms with Crippen molar-refractivity contribution in [1.29, 1.82) is 0 Å². The van der Waals surface area contributed by atoms with Crippen molar-refractivity contribution in [3.63, 3.8) is 0 Å². The first kappa shape index (κ1) is 21.3. The van der Waals surface area contributed by atoms with Gasteiger partial charge in [-0.15, -0.1) is 12.4 Å². The van der Waals surface area contributed by atoms with Crippen LogP contribution in [0, 0.1) is 0 Å². The molecule has 0 bridgehead atoms. The van der Waals surface area contributed by atoms with E-state index in [1.807, 2.05) is 37.3 Å². The van der Waals surface area contributed by atoms with Crippen LogP contribution in [0.15, 0.2) is 54.6 Å². The highest BCUT2D eigenvalue weighted by Crippen LogP contribution is 2.37. The zero-order valence-electron chi connectivity index (χ0n) is 15.9. The van der Waals surface area contributed by atoms with Crippen molar-refractivity contribution in [2.24, 2.45) is 0 Å². The number of likely N-dealkylation sites (tertiary alicyclic amines) is 1. The van der Waals surface area contributed by atoms with Crippen molar-refractivity contribution in [1.82, 2.24) is 4.90 Å². The van der Waals surface area contributed by atoms with E-state index in [4.69, 9.17) is 10.5 Å². The molecular formula is C22H29ClN2O2. The number of halogens is 1. The average molecular weight is 389 g/mol. The molecule has 0 saturated carbocycles. The van der Waals surface area contributed by atoms with Gasteiger partial charge in [0.25, 0.3) is 0 Å². The Morgan fingerprint density at radius 1 is 1.07 bits per heavy atom. The second kappa shape index (κ2) is 9.77. The van der Waals surface area contributed by atoms with Crippen LogP contribution in [0.4, 0.5) is 5.69 Å². The Balaban J connectivity index is 0.00000261. The minimum atomic E-state index is -0.505. The first-order valence-electron chi connectivity index (χ1n) is 9.43. The molecule has 0 aliphatic carbocycles. The summed E-state index contributed by atoms with van der Waals surface area (Å²) < 4.78 is 5.45. The lowest BCUT2D eigenvalue weighted by Gasteiger charge is -2.40. The molecule has 2 aromatic carbocycles. The fourth-order valence-electron chi connectivity index (χ4n) is 3.77. The summed E-state index contributed by atoms with van der Waals surface area (Å²) in [5.74, 6) is -0.0793. The Bertz CT molecular complexity index is 711. The maximum atomic E-state index is 12.8. The third-order valence-electron chi connectivity index (χ3n) is 5.40. The number of benzene rings is 2. The number of nitrogen functional groups attached to an aromatic ring is 1. The fraction of sp³-hybridized carbons (Fsp3) is 0.409. The van der Waals surface area contributed by atoms with E-state index in [1.54, 1.807) is 0 Å². The Labute approximate surface area is 168 Å². The van der Waals surface area contributed by atoms with Gasteiger partial charge in [-0.2, -0.15) is 0 Å². The molecule has 1 saturated heterocycles. The number of nitrogens with zero attached hydrogens (tertiary/aromatic N) is 1. The van der Waals surface area contributed by atoms with Crippen molar-refractivity contribution in [2.75, 3.05) is 32.0 Å². The maximum absolute atomic E-state index is 12.8. The van der Waals surface area contributed by atoms with Crippen molar-refractivity contribution in [3.05, 3.63) is 65.7 Å². The van der Waals surface area contributed by atoms with E-state index in [1.165, 1.54) is 5.56 Å². The molecule has 0 aromatic heterocycles. The lowest BCUT2D eigenvalue weighted by atomic mass is 9.72. The molecule has 0 spiro atoms. The van der Waals surface area contributed by atoms with Crippen LogP contribution >= 0.6 is 12.4 Å². The largest absolute Gasteiger partial charge is 0.465 e. The van der Waals surface area contributed by atoms with E-state index in [0.717, 1.165) is 50.1 Å². The van der Waals surface area contributed by atoms with Crippen LogP contribution in [0.25, 0.3) is 0 Å². The Morgan fingerprint density at radius 2 is 1.70 bits per heavy atom. The molecule has 0 unspecified atom stereocenters. The number of anilines is 1. The summed E-state index contributed by atoms with van der Waals surface area (Å²) in [6, 6.07) is 18.2. The van der Waals surface area contributed by atoms with Crippen LogP contribution in [0.3, 0.4) is 0 Å². The van der Waals surface area contributed by atoms with Gasteiger partial charge in [0.05, 0.1) is 12.0 Å². The molecule has 1 fully saturated rings. The number of piperidine rings is 1.